The van der Waals surface area contributed by atoms with Gasteiger partial charge in [0, 0.05) is 5.56 Å². The minimum Gasteiger partial charge on any atom is -0.467 e. The highest BCUT2D eigenvalue weighted by Gasteiger charge is 2.27. The van der Waals surface area contributed by atoms with Crippen LogP contribution >= 0.6 is 23.2 Å². The first-order valence-corrected chi connectivity index (χ1v) is 6.70. The zero-order chi connectivity index (χ0) is 13.9. The Morgan fingerprint density at radius 2 is 1.68 bits per heavy atom. The summed E-state index contributed by atoms with van der Waals surface area (Å²) in [5.74, 6) is 0.551. The van der Waals surface area contributed by atoms with Gasteiger partial charge in [-0.15, -0.1) is 0 Å². The van der Waals surface area contributed by atoms with E-state index in [0.717, 1.165) is 5.56 Å². The summed E-state index contributed by atoms with van der Waals surface area (Å²) >= 11 is 12.2. The fourth-order valence-corrected chi connectivity index (χ4v) is 2.12. The third-order valence-electron chi connectivity index (χ3n) is 3.03. The van der Waals surface area contributed by atoms with Crippen LogP contribution in [0, 0.1) is 0 Å². The molecule has 0 radical (unpaired) electrons. The summed E-state index contributed by atoms with van der Waals surface area (Å²) in [4.78, 5) is 0. The van der Waals surface area contributed by atoms with E-state index in [0.29, 0.717) is 15.8 Å². The van der Waals surface area contributed by atoms with Crippen molar-refractivity contribution in [1.29, 1.82) is 0 Å². The molecule has 2 aromatic carbocycles. The van der Waals surface area contributed by atoms with Crippen molar-refractivity contribution in [3.63, 3.8) is 0 Å². The van der Waals surface area contributed by atoms with Crippen LogP contribution in [-0.2, 0) is 5.72 Å². The van der Waals surface area contributed by atoms with Crippen LogP contribution in [0.1, 0.15) is 12.5 Å². The zero-order valence-corrected chi connectivity index (χ0v) is 12.3. The van der Waals surface area contributed by atoms with E-state index in [9.17, 15) is 0 Å². The third-order valence-corrected chi connectivity index (χ3v) is 3.83. The molecule has 0 aromatic heterocycles. The first kappa shape index (κ1) is 14.2. The Labute approximate surface area is 123 Å². The number of halogens is 2. The van der Waals surface area contributed by atoms with E-state index in [1.807, 2.05) is 50.4 Å². The lowest BCUT2D eigenvalue weighted by atomic mass is 10.0. The molecule has 2 nitrogen and oxygen atoms in total. The number of hydrogen-bond acceptors (Lipinski definition) is 2. The normalized spacial score (nSPS) is 13.9. The molecule has 4 heteroatoms. The Balaban J connectivity index is 2.36. The molecule has 0 unspecified atom stereocenters. The van der Waals surface area contributed by atoms with Crippen molar-refractivity contribution < 1.29 is 4.74 Å². The molecular weight excluding hydrogens is 281 g/mol. The standard InChI is InChI=1S/C15H15Cl2NO/c1-15(18-2,11-7-4-3-5-8-11)19-13-10-6-9-12(16)14(13)17/h3-10,18H,1-2H3/t15-/m0/s1. The van der Waals surface area contributed by atoms with Gasteiger partial charge in [-0.25, -0.2) is 0 Å². The molecule has 0 amide bonds. The predicted molar refractivity (Wildman–Crippen MR) is 79.9 cm³/mol. The van der Waals surface area contributed by atoms with Gasteiger partial charge >= 0.3 is 0 Å². The van der Waals surface area contributed by atoms with Crippen LogP contribution in [-0.4, -0.2) is 7.05 Å². The van der Waals surface area contributed by atoms with Crippen LogP contribution in [0.5, 0.6) is 5.75 Å². The van der Waals surface area contributed by atoms with Crippen molar-refractivity contribution in [2.24, 2.45) is 0 Å². The first-order chi connectivity index (χ1) is 9.07. The van der Waals surface area contributed by atoms with Crippen molar-refractivity contribution >= 4 is 23.2 Å². The van der Waals surface area contributed by atoms with Gasteiger partial charge in [0.25, 0.3) is 0 Å². The van der Waals surface area contributed by atoms with Gasteiger partial charge in [0.1, 0.15) is 10.8 Å². The molecule has 2 aromatic rings. The molecule has 0 spiro atoms. The lowest BCUT2D eigenvalue weighted by Crippen LogP contribution is -2.42. The fraction of sp³-hybridized carbons (Fsp3) is 0.200. The maximum atomic E-state index is 6.16. The SMILES string of the molecule is CN[C@@](C)(Oc1cccc(Cl)c1Cl)c1ccccc1. The Kier molecular flexibility index (Phi) is 4.35. The van der Waals surface area contributed by atoms with Crippen LogP contribution in [0.25, 0.3) is 0 Å². The van der Waals surface area contributed by atoms with Crippen LogP contribution < -0.4 is 10.1 Å². The number of rotatable bonds is 4. The van der Waals surface area contributed by atoms with Crippen molar-refractivity contribution in [1.82, 2.24) is 5.32 Å². The molecule has 0 saturated carbocycles. The molecule has 0 heterocycles. The number of benzene rings is 2. The quantitative estimate of drug-likeness (QED) is 0.841. The Bertz CT molecular complexity index is 559. The van der Waals surface area contributed by atoms with Crippen LogP contribution in [0.2, 0.25) is 10.0 Å². The lowest BCUT2D eigenvalue weighted by molar-refractivity contribution is 0.0575. The van der Waals surface area contributed by atoms with Gasteiger partial charge in [0.2, 0.25) is 0 Å². The maximum Gasteiger partial charge on any atom is 0.184 e. The average molecular weight is 296 g/mol. The third kappa shape index (κ3) is 3.03. The van der Waals surface area contributed by atoms with E-state index in [4.69, 9.17) is 27.9 Å². The lowest BCUT2D eigenvalue weighted by Gasteiger charge is -2.31. The van der Waals surface area contributed by atoms with E-state index in [1.165, 1.54) is 0 Å². The van der Waals surface area contributed by atoms with E-state index in [-0.39, 0.29) is 0 Å². The predicted octanol–water partition coefficient (Wildman–Crippen LogP) is 4.46. The second-order valence-electron chi connectivity index (χ2n) is 4.30. The summed E-state index contributed by atoms with van der Waals surface area (Å²) in [6.07, 6.45) is 0. The van der Waals surface area contributed by atoms with Crippen molar-refractivity contribution in [3.05, 3.63) is 64.1 Å². The molecular formula is C15H15Cl2NO. The van der Waals surface area contributed by atoms with E-state index in [1.54, 1.807) is 12.1 Å². The highest BCUT2D eigenvalue weighted by Crippen LogP contribution is 2.35. The van der Waals surface area contributed by atoms with Crippen molar-refractivity contribution in [2.75, 3.05) is 7.05 Å². The summed E-state index contributed by atoms with van der Waals surface area (Å²) in [5.41, 5.74) is 0.337. The van der Waals surface area contributed by atoms with Gasteiger partial charge in [-0.2, -0.15) is 0 Å². The molecule has 0 aliphatic carbocycles. The van der Waals surface area contributed by atoms with Gasteiger partial charge in [0.05, 0.1) is 5.02 Å². The summed E-state index contributed by atoms with van der Waals surface area (Å²) in [6.45, 7) is 1.94. The van der Waals surface area contributed by atoms with Crippen molar-refractivity contribution in [3.8, 4) is 5.75 Å². The number of ether oxygens (including phenoxy) is 1. The van der Waals surface area contributed by atoms with Crippen LogP contribution in [0.4, 0.5) is 0 Å². The molecule has 0 bridgehead atoms. The minimum atomic E-state index is -0.671. The topological polar surface area (TPSA) is 21.3 Å². The number of nitrogens with one attached hydrogen (secondary N) is 1. The van der Waals surface area contributed by atoms with Gasteiger partial charge < -0.3 is 4.74 Å². The summed E-state index contributed by atoms with van der Waals surface area (Å²) < 4.78 is 6.02. The molecule has 0 aliphatic heterocycles. The summed E-state index contributed by atoms with van der Waals surface area (Å²) in [6, 6.07) is 15.2. The molecule has 0 fully saturated rings. The zero-order valence-electron chi connectivity index (χ0n) is 10.8. The molecule has 2 rings (SSSR count). The van der Waals surface area contributed by atoms with Crippen LogP contribution in [0.3, 0.4) is 0 Å². The number of hydrogen-bond donors (Lipinski definition) is 1. The smallest absolute Gasteiger partial charge is 0.184 e. The summed E-state index contributed by atoms with van der Waals surface area (Å²) in [5, 5.41) is 4.06. The monoisotopic (exact) mass is 295 g/mol. The Hall–Kier alpha value is -1.22. The van der Waals surface area contributed by atoms with Gasteiger partial charge in [0.15, 0.2) is 5.72 Å². The fourth-order valence-electron chi connectivity index (χ4n) is 1.79. The minimum absolute atomic E-state index is 0.418. The molecule has 0 saturated heterocycles. The molecule has 1 N–H and O–H groups in total. The van der Waals surface area contributed by atoms with Crippen molar-refractivity contribution in [2.45, 2.75) is 12.6 Å². The summed E-state index contributed by atoms with van der Waals surface area (Å²) in [7, 11) is 1.84. The molecule has 1 atom stereocenters. The van der Waals surface area contributed by atoms with Gasteiger partial charge in [-0.05, 0) is 26.1 Å². The molecule has 0 aliphatic rings. The van der Waals surface area contributed by atoms with E-state index < -0.39 is 5.72 Å². The second-order valence-corrected chi connectivity index (χ2v) is 5.09. The Morgan fingerprint density at radius 1 is 1.00 bits per heavy atom. The highest BCUT2D eigenvalue weighted by atomic mass is 35.5. The highest BCUT2D eigenvalue weighted by molar-refractivity contribution is 6.42. The maximum absolute atomic E-state index is 6.16. The second kappa shape index (κ2) is 5.83. The van der Waals surface area contributed by atoms with E-state index in [2.05, 4.69) is 5.32 Å². The molecule has 19 heavy (non-hydrogen) atoms. The average Bonchev–Trinajstić information content (AvgIpc) is 2.45. The Morgan fingerprint density at radius 3 is 2.32 bits per heavy atom. The van der Waals surface area contributed by atoms with E-state index >= 15 is 0 Å². The largest absolute Gasteiger partial charge is 0.467 e. The first-order valence-electron chi connectivity index (χ1n) is 5.94. The molecule has 100 valence electrons. The van der Waals surface area contributed by atoms with Crippen LogP contribution in [0.15, 0.2) is 48.5 Å². The van der Waals surface area contributed by atoms with Gasteiger partial charge in [-0.1, -0.05) is 59.6 Å². The van der Waals surface area contributed by atoms with Gasteiger partial charge in [-0.3, -0.25) is 5.32 Å².